The van der Waals surface area contributed by atoms with E-state index in [0.717, 1.165) is 5.56 Å². The number of hydrazone groups is 1. The zero-order chi connectivity index (χ0) is 15.4. The molecule has 2 aromatic carbocycles. The molecule has 0 aliphatic carbocycles. The predicted octanol–water partition coefficient (Wildman–Crippen LogP) is 2.05. The number of benzene rings is 2. The lowest BCUT2D eigenvalue weighted by Crippen LogP contribution is -2.17. The Balaban J connectivity index is 1.64. The van der Waals surface area contributed by atoms with Crippen molar-refractivity contribution in [3.05, 3.63) is 59.2 Å². The molecular formula is C16H11N3O3. The van der Waals surface area contributed by atoms with Crippen LogP contribution in [-0.4, -0.2) is 18.9 Å². The van der Waals surface area contributed by atoms with E-state index in [1.54, 1.807) is 42.5 Å². The molecule has 0 fully saturated rings. The summed E-state index contributed by atoms with van der Waals surface area (Å²) in [5.74, 6) is 0.824. The second kappa shape index (κ2) is 5.97. The number of amides is 1. The largest absolute Gasteiger partial charge is 0.454 e. The summed E-state index contributed by atoms with van der Waals surface area (Å²) in [4.78, 5) is 12.0. The molecule has 0 bridgehead atoms. The monoisotopic (exact) mass is 293 g/mol. The van der Waals surface area contributed by atoms with Gasteiger partial charge in [-0.3, -0.25) is 4.79 Å². The summed E-state index contributed by atoms with van der Waals surface area (Å²) in [6.45, 7) is 0.164. The number of nitriles is 1. The third-order valence-electron chi connectivity index (χ3n) is 3.05. The maximum absolute atomic E-state index is 12.0. The van der Waals surface area contributed by atoms with Gasteiger partial charge in [-0.05, 0) is 35.9 Å². The van der Waals surface area contributed by atoms with Crippen LogP contribution in [0.25, 0.3) is 0 Å². The van der Waals surface area contributed by atoms with Crippen molar-refractivity contribution in [1.82, 2.24) is 5.43 Å². The average molecular weight is 293 g/mol. The lowest BCUT2D eigenvalue weighted by atomic mass is 10.2. The van der Waals surface area contributed by atoms with Crippen LogP contribution in [0.2, 0.25) is 0 Å². The fraction of sp³-hybridized carbons (Fsp3) is 0.0625. The second-order valence-corrected chi connectivity index (χ2v) is 4.50. The Bertz CT molecular complexity index is 776. The van der Waals surface area contributed by atoms with E-state index in [-0.39, 0.29) is 12.7 Å². The molecule has 1 aliphatic heterocycles. The minimum Gasteiger partial charge on any atom is -0.454 e. The summed E-state index contributed by atoms with van der Waals surface area (Å²) in [6, 6.07) is 13.8. The fourth-order valence-corrected chi connectivity index (χ4v) is 1.91. The third kappa shape index (κ3) is 2.88. The van der Waals surface area contributed by atoms with Gasteiger partial charge in [0.2, 0.25) is 6.79 Å². The Morgan fingerprint density at radius 2 is 1.95 bits per heavy atom. The number of carbonyl (C=O) groups is 1. The molecule has 1 amide bonds. The minimum absolute atomic E-state index is 0.164. The molecule has 0 radical (unpaired) electrons. The lowest BCUT2D eigenvalue weighted by molar-refractivity contribution is 0.0954. The molecule has 3 rings (SSSR count). The van der Waals surface area contributed by atoms with Crippen LogP contribution in [0.3, 0.4) is 0 Å². The van der Waals surface area contributed by atoms with Gasteiger partial charge < -0.3 is 9.47 Å². The maximum atomic E-state index is 12.0. The maximum Gasteiger partial charge on any atom is 0.271 e. The summed E-state index contributed by atoms with van der Waals surface area (Å²) in [6.07, 6.45) is 1.51. The van der Waals surface area contributed by atoms with Gasteiger partial charge >= 0.3 is 0 Å². The molecule has 0 atom stereocenters. The molecule has 1 aliphatic rings. The minimum atomic E-state index is -0.344. The van der Waals surface area contributed by atoms with Crippen LogP contribution >= 0.6 is 0 Å². The van der Waals surface area contributed by atoms with Crippen LogP contribution in [0, 0.1) is 11.3 Å². The van der Waals surface area contributed by atoms with E-state index in [2.05, 4.69) is 10.5 Å². The highest BCUT2D eigenvalue weighted by atomic mass is 16.7. The van der Waals surface area contributed by atoms with Crippen molar-refractivity contribution in [1.29, 1.82) is 5.26 Å². The molecule has 0 saturated carbocycles. The van der Waals surface area contributed by atoms with Crippen molar-refractivity contribution in [2.75, 3.05) is 6.79 Å². The van der Waals surface area contributed by atoms with Gasteiger partial charge in [-0.1, -0.05) is 12.1 Å². The Labute approximate surface area is 126 Å². The Morgan fingerprint density at radius 3 is 2.73 bits per heavy atom. The first-order valence-corrected chi connectivity index (χ1v) is 6.49. The highest BCUT2D eigenvalue weighted by molar-refractivity contribution is 5.95. The zero-order valence-corrected chi connectivity index (χ0v) is 11.4. The normalized spacial score (nSPS) is 12.1. The van der Waals surface area contributed by atoms with Crippen LogP contribution < -0.4 is 14.9 Å². The van der Waals surface area contributed by atoms with Gasteiger partial charge in [0, 0.05) is 5.56 Å². The lowest BCUT2D eigenvalue weighted by Gasteiger charge is -2.01. The van der Waals surface area contributed by atoms with Crippen molar-refractivity contribution in [3.8, 4) is 17.6 Å². The standard InChI is InChI=1S/C16H11N3O3/c17-8-11-1-3-12(4-2-11)9-18-19-16(20)13-5-6-14-15(7-13)22-10-21-14/h1-7,9H,10H2,(H,19,20)/b18-9+. The zero-order valence-electron chi connectivity index (χ0n) is 11.4. The first kappa shape index (κ1) is 13.6. The van der Waals surface area contributed by atoms with Crippen molar-refractivity contribution < 1.29 is 14.3 Å². The molecule has 0 unspecified atom stereocenters. The number of rotatable bonds is 3. The molecule has 2 aromatic rings. The summed E-state index contributed by atoms with van der Waals surface area (Å²) < 4.78 is 10.4. The molecule has 108 valence electrons. The molecule has 6 heteroatoms. The summed E-state index contributed by atoms with van der Waals surface area (Å²) in [5.41, 5.74) is 4.22. The Hall–Kier alpha value is -3.33. The van der Waals surface area contributed by atoms with E-state index in [4.69, 9.17) is 14.7 Å². The third-order valence-corrected chi connectivity index (χ3v) is 3.05. The average Bonchev–Trinajstić information content (AvgIpc) is 3.03. The number of nitrogens with zero attached hydrogens (tertiary/aromatic N) is 2. The van der Waals surface area contributed by atoms with Crippen molar-refractivity contribution in [3.63, 3.8) is 0 Å². The number of carbonyl (C=O) groups excluding carboxylic acids is 1. The van der Waals surface area contributed by atoms with E-state index in [1.165, 1.54) is 6.21 Å². The van der Waals surface area contributed by atoms with Crippen LogP contribution in [0.5, 0.6) is 11.5 Å². The first-order chi connectivity index (χ1) is 10.8. The van der Waals surface area contributed by atoms with Gasteiger partial charge in [0.05, 0.1) is 17.8 Å². The Kier molecular flexibility index (Phi) is 3.70. The van der Waals surface area contributed by atoms with Crippen LogP contribution in [0.4, 0.5) is 0 Å². The number of nitrogens with one attached hydrogen (secondary N) is 1. The molecule has 0 saturated heterocycles. The first-order valence-electron chi connectivity index (χ1n) is 6.49. The molecule has 6 nitrogen and oxygen atoms in total. The summed E-state index contributed by atoms with van der Waals surface area (Å²) >= 11 is 0. The molecule has 1 heterocycles. The molecule has 0 aromatic heterocycles. The summed E-state index contributed by atoms with van der Waals surface area (Å²) in [7, 11) is 0. The smallest absolute Gasteiger partial charge is 0.271 e. The van der Waals surface area contributed by atoms with Gasteiger partial charge in [-0.25, -0.2) is 5.43 Å². The van der Waals surface area contributed by atoms with Crippen LogP contribution in [0.1, 0.15) is 21.5 Å². The van der Waals surface area contributed by atoms with E-state index in [1.807, 2.05) is 6.07 Å². The predicted molar refractivity (Wildman–Crippen MR) is 78.8 cm³/mol. The molecule has 0 spiro atoms. The second-order valence-electron chi connectivity index (χ2n) is 4.50. The summed E-state index contributed by atoms with van der Waals surface area (Å²) in [5, 5.41) is 12.6. The Morgan fingerprint density at radius 1 is 1.18 bits per heavy atom. The topological polar surface area (TPSA) is 83.7 Å². The SMILES string of the molecule is N#Cc1ccc(/C=N/NC(=O)c2ccc3c(c2)OCO3)cc1. The van der Waals surface area contributed by atoms with Crippen LogP contribution in [0.15, 0.2) is 47.6 Å². The van der Waals surface area contributed by atoms with E-state index in [9.17, 15) is 4.79 Å². The van der Waals surface area contributed by atoms with Gasteiger partial charge in [0.15, 0.2) is 11.5 Å². The van der Waals surface area contributed by atoms with E-state index < -0.39 is 0 Å². The molecule has 22 heavy (non-hydrogen) atoms. The van der Waals surface area contributed by atoms with E-state index in [0.29, 0.717) is 22.6 Å². The number of hydrogen-bond acceptors (Lipinski definition) is 5. The van der Waals surface area contributed by atoms with Crippen LogP contribution in [-0.2, 0) is 0 Å². The molecule has 1 N–H and O–H groups in total. The number of ether oxygens (including phenoxy) is 2. The van der Waals surface area contributed by atoms with E-state index >= 15 is 0 Å². The van der Waals surface area contributed by atoms with Gasteiger partial charge in [-0.2, -0.15) is 10.4 Å². The highest BCUT2D eigenvalue weighted by Crippen LogP contribution is 2.32. The number of fused-ring (bicyclic) bond motifs is 1. The molecular weight excluding hydrogens is 282 g/mol. The fourth-order valence-electron chi connectivity index (χ4n) is 1.91. The van der Waals surface area contributed by atoms with Crippen molar-refractivity contribution in [2.45, 2.75) is 0 Å². The van der Waals surface area contributed by atoms with Crippen molar-refractivity contribution in [2.24, 2.45) is 5.10 Å². The van der Waals surface area contributed by atoms with Gasteiger partial charge in [-0.15, -0.1) is 0 Å². The quantitative estimate of drug-likeness (QED) is 0.693. The van der Waals surface area contributed by atoms with Gasteiger partial charge in [0.25, 0.3) is 5.91 Å². The van der Waals surface area contributed by atoms with Gasteiger partial charge in [0.1, 0.15) is 0 Å². The van der Waals surface area contributed by atoms with Crippen molar-refractivity contribution >= 4 is 12.1 Å². The number of hydrogen-bond donors (Lipinski definition) is 1. The highest BCUT2D eigenvalue weighted by Gasteiger charge is 2.15.